The summed E-state index contributed by atoms with van der Waals surface area (Å²) < 4.78 is 39.8. The Morgan fingerprint density at radius 3 is 2.37 bits per heavy atom. The molecule has 2 aromatic rings. The lowest BCUT2D eigenvalue weighted by Gasteiger charge is -2.23. The summed E-state index contributed by atoms with van der Waals surface area (Å²) in [5.74, 6) is 1.30. The number of rotatable bonds is 5. The minimum absolute atomic E-state index is 0.00839. The van der Waals surface area contributed by atoms with Crippen LogP contribution < -0.4 is 10.6 Å². The largest absolute Gasteiger partial charge is 0.418 e. The highest BCUT2D eigenvalue weighted by molar-refractivity contribution is 5.62. The van der Waals surface area contributed by atoms with Gasteiger partial charge in [-0.1, -0.05) is 31.4 Å². The maximum Gasteiger partial charge on any atom is 0.418 e. The van der Waals surface area contributed by atoms with Crippen molar-refractivity contribution in [2.45, 2.75) is 63.1 Å². The van der Waals surface area contributed by atoms with Gasteiger partial charge in [-0.2, -0.15) is 18.2 Å². The van der Waals surface area contributed by atoms with Gasteiger partial charge in [0.2, 0.25) is 5.95 Å². The van der Waals surface area contributed by atoms with E-state index in [1.54, 1.807) is 12.1 Å². The highest BCUT2D eigenvalue weighted by Gasteiger charge is 2.33. The van der Waals surface area contributed by atoms with E-state index in [0.29, 0.717) is 23.7 Å². The van der Waals surface area contributed by atoms with Gasteiger partial charge in [0, 0.05) is 18.0 Å². The number of hydrogen-bond donors (Lipinski definition) is 2. The molecule has 2 aliphatic carbocycles. The first-order valence-corrected chi connectivity index (χ1v) is 9.58. The van der Waals surface area contributed by atoms with Crippen molar-refractivity contribution in [1.29, 1.82) is 0 Å². The topological polar surface area (TPSA) is 49.8 Å². The van der Waals surface area contributed by atoms with Gasteiger partial charge in [0.05, 0.1) is 16.9 Å². The molecule has 27 heavy (non-hydrogen) atoms. The van der Waals surface area contributed by atoms with Crippen LogP contribution in [0.1, 0.15) is 62.1 Å². The van der Waals surface area contributed by atoms with Gasteiger partial charge in [0.1, 0.15) is 5.82 Å². The van der Waals surface area contributed by atoms with Crippen LogP contribution >= 0.6 is 0 Å². The summed E-state index contributed by atoms with van der Waals surface area (Å²) in [6.07, 6.45) is 3.50. The first kappa shape index (κ1) is 18.1. The summed E-state index contributed by atoms with van der Waals surface area (Å²) >= 11 is 0. The van der Waals surface area contributed by atoms with Crippen LogP contribution in [0.4, 0.5) is 30.6 Å². The molecule has 4 rings (SSSR count). The number of aromatic nitrogens is 2. The molecular formula is C20H23F3N4. The number of anilines is 3. The zero-order chi connectivity index (χ0) is 18.9. The molecule has 2 aliphatic rings. The van der Waals surface area contributed by atoms with Gasteiger partial charge in [0.15, 0.2) is 0 Å². The van der Waals surface area contributed by atoms with Crippen molar-refractivity contribution in [2.75, 3.05) is 10.6 Å². The minimum Gasteiger partial charge on any atom is -0.351 e. The lowest BCUT2D eigenvalue weighted by atomic mass is 9.96. The Labute approximate surface area is 156 Å². The van der Waals surface area contributed by atoms with Crippen LogP contribution in [0, 0.1) is 0 Å². The van der Waals surface area contributed by atoms with Gasteiger partial charge in [-0.3, -0.25) is 0 Å². The van der Waals surface area contributed by atoms with Crippen LogP contribution in [-0.2, 0) is 6.18 Å². The molecule has 0 atom stereocenters. The molecule has 2 N–H and O–H groups in total. The van der Waals surface area contributed by atoms with E-state index in [1.807, 2.05) is 0 Å². The second kappa shape index (κ2) is 7.37. The monoisotopic (exact) mass is 376 g/mol. The molecule has 2 saturated carbocycles. The Morgan fingerprint density at radius 2 is 1.67 bits per heavy atom. The summed E-state index contributed by atoms with van der Waals surface area (Å²) in [7, 11) is 0. The zero-order valence-corrected chi connectivity index (χ0v) is 15.0. The third-order valence-corrected chi connectivity index (χ3v) is 5.18. The number of para-hydroxylation sites is 1. The van der Waals surface area contributed by atoms with Crippen LogP contribution in [0.2, 0.25) is 0 Å². The van der Waals surface area contributed by atoms with Gasteiger partial charge >= 0.3 is 6.18 Å². The number of benzene rings is 1. The fourth-order valence-corrected chi connectivity index (χ4v) is 3.59. The Balaban J connectivity index is 1.60. The molecule has 1 aromatic carbocycles. The van der Waals surface area contributed by atoms with E-state index < -0.39 is 11.7 Å². The van der Waals surface area contributed by atoms with E-state index >= 15 is 0 Å². The highest BCUT2D eigenvalue weighted by atomic mass is 19.4. The van der Waals surface area contributed by atoms with E-state index in [9.17, 15) is 13.2 Å². The predicted molar refractivity (Wildman–Crippen MR) is 99.2 cm³/mol. The highest BCUT2D eigenvalue weighted by Crippen LogP contribution is 2.41. The first-order valence-electron chi connectivity index (χ1n) is 9.58. The first-order chi connectivity index (χ1) is 13.0. The van der Waals surface area contributed by atoms with E-state index in [0.717, 1.165) is 37.4 Å². The smallest absolute Gasteiger partial charge is 0.351 e. The summed E-state index contributed by atoms with van der Waals surface area (Å²) in [6, 6.07) is 7.59. The zero-order valence-electron chi connectivity index (χ0n) is 15.0. The number of nitrogens with zero attached hydrogens (tertiary/aromatic N) is 2. The van der Waals surface area contributed by atoms with Crippen molar-refractivity contribution >= 4 is 17.5 Å². The maximum absolute atomic E-state index is 13.3. The summed E-state index contributed by atoms with van der Waals surface area (Å²) in [5.41, 5.74) is 0.211. The van der Waals surface area contributed by atoms with Crippen LogP contribution in [-0.4, -0.2) is 16.0 Å². The van der Waals surface area contributed by atoms with E-state index in [4.69, 9.17) is 0 Å². The quantitative estimate of drug-likeness (QED) is 0.686. The average Bonchev–Trinajstić information content (AvgIpc) is 3.47. The number of hydrogen-bond acceptors (Lipinski definition) is 4. The van der Waals surface area contributed by atoms with Gasteiger partial charge in [-0.05, 0) is 37.8 Å². The van der Waals surface area contributed by atoms with Crippen molar-refractivity contribution in [2.24, 2.45) is 0 Å². The average molecular weight is 376 g/mol. The lowest BCUT2D eigenvalue weighted by Crippen LogP contribution is -2.24. The van der Waals surface area contributed by atoms with Gasteiger partial charge < -0.3 is 10.6 Å². The van der Waals surface area contributed by atoms with Crippen molar-refractivity contribution in [3.63, 3.8) is 0 Å². The molecule has 7 heteroatoms. The number of alkyl halides is 3. The SMILES string of the molecule is FC(F)(F)c1ccccc1Nc1cc(C2CC2)nc(NC2CCCCC2)n1. The predicted octanol–water partition coefficient (Wildman–Crippen LogP) is 5.86. The molecule has 0 amide bonds. The molecular weight excluding hydrogens is 353 g/mol. The van der Waals surface area contributed by atoms with E-state index in [2.05, 4.69) is 20.6 Å². The summed E-state index contributed by atoms with van der Waals surface area (Å²) in [6.45, 7) is 0. The lowest BCUT2D eigenvalue weighted by molar-refractivity contribution is -0.136. The van der Waals surface area contributed by atoms with Gasteiger partial charge in [0.25, 0.3) is 0 Å². The molecule has 1 heterocycles. The Hall–Kier alpha value is -2.31. The van der Waals surface area contributed by atoms with E-state index in [-0.39, 0.29) is 5.69 Å². The second-order valence-electron chi connectivity index (χ2n) is 7.42. The molecule has 0 aliphatic heterocycles. The standard InChI is InChI=1S/C20H23F3N4/c21-20(22,23)15-8-4-5-9-16(15)25-18-12-17(13-10-11-13)26-19(27-18)24-14-6-2-1-3-7-14/h4-5,8-9,12-14H,1-3,6-7,10-11H2,(H2,24,25,26,27). The molecule has 0 bridgehead atoms. The Morgan fingerprint density at radius 1 is 0.926 bits per heavy atom. The molecule has 1 aromatic heterocycles. The molecule has 0 radical (unpaired) electrons. The van der Waals surface area contributed by atoms with Crippen molar-refractivity contribution < 1.29 is 13.2 Å². The normalized spacial score (nSPS) is 18.3. The molecule has 2 fully saturated rings. The van der Waals surface area contributed by atoms with Gasteiger partial charge in [-0.15, -0.1) is 0 Å². The maximum atomic E-state index is 13.3. The molecule has 0 unspecified atom stereocenters. The molecule has 144 valence electrons. The van der Waals surface area contributed by atoms with Crippen LogP contribution in [0.5, 0.6) is 0 Å². The fraction of sp³-hybridized carbons (Fsp3) is 0.500. The van der Waals surface area contributed by atoms with Crippen molar-refractivity contribution in [1.82, 2.24) is 9.97 Å². The van der Waals surface area contributed by atoms with Crippen molar-refractivity contribution in [3.8, 4) is 0 Å². The Kier molecular flexibility index (Phi) is 4.93. The molecule has 0 saturated heterocycles. The third kappa shape index (κ3) is 4.51. The third-order valence-electron chi connectivity index (χ3n) is 5.18. The van der Waals surface area contributed by atoms with Crippen LogP contribution in [0.15, 0.2) is 30.3 Å². The van der Waals surface area contributed by atoms with Crippen LogP contribution in [0.25, 0.3) is 0 Å². The van der Waals surface area contributed by atoms with Crippen LogP contribution in [0.3, 0.4) is 0 Å². The number of nitrogens with one attached hydrogen (secondary N) is 2. The molecule has 0 spiro atoms. The minimum atomic E-state index is -4.42. The second-order valence-corrected chi connectivity index (χ2v) is 7.42. The Bertz CT molecular complexity index is 796. The summed E-state index contributed by atoms with van der Waals surface area (Å²) in [5, 5.41) is 6.26. The van der Waals surface area contributed by atoms with E-state index in [1.165, 1.54) is 31.4 Å². The summed E-state index contributed by atoms with van der Waals surface area (Å²) in [4.78, 5) is 9.07. The number of halogens is 3. The van der Waals surface area contributed by atoms with Crippen molar-refractivity contribution in [3.05, 3.63) is 41.6 Å². The van der Waals surface area contributed by atoms with Gasteiger partial charge in [-0.25, -0.2) is 4.98 Å². The molecule has 4 nitrogen and oxygen atoms in total. The fourth-order valence-electron chi connectivity index (χ4n) is 3.59.